The molecule has 7 heteroatoms. The Morgan fingerprint density at radius 3 is 2.74 bits per heavy atom. The molecule has 0 unspecified atom stereocenters. The first-order valence-electron chi connectivity index (χ1n) is 5.44. The first-order valence-corrected chi connectivity index (χ1v) is 6.92. The summed E-state index contributed by atoms with van der Waals surface area (Å²) in [6, 6.07) is 3.61. The van der Waals surface area contributed by atoms with Crippen molar-refractivity contribution in [2.45, 2.75) is 17.7 Å². The topological polar surface area (TPSA) is 109 Å². The lowest BCUT2D eigenvalue weighted by atomic mass is 10.2. The van der Waals surface area contributed by atoms with Crippen LogP contribution in [0.4, 0.5) is 5.69 Å². The summed E-state index contributed by atoms with van der Waals surface area (Å²) in [7, 11) is -3.92. The molecule has 0 saturated heterocycles. The van der Waals surface area contributed by atoms with Gasteiger partial charge in [0.25, 0.3) is 0 Å². The fraction of sp³-hybridized carbons (Fsp3) is 0.250. The largest absolute Gasteiger partial charge is 0.478 e. The van der Waals surface area contributed by atoms with Crippen LogP contribution in [0.15, 0.2) is 23.1 Å². The predicted octanol–water partition coefficient (Wildman–Crippen LogP) is 0.659. The number of anilines is 1. The van der Waals surface area contributed by atoms with E-state index in [-0.39, 0.29) is 22.7 Å². The third-order valence-electron chi connectivity index (χ3n) is 2.32. The molecule has 1 rings (SSSR count). The Morgan fingerprint density at radius 1 is 1.47 bits per heavy atom. The number of benzene rings is 1. The number of carboxylic acids is 1. The van der Waals surface area contributed by atoms with Gasteiger partial charge in [-0.2, -0.15) is 0 Å². The van der Waals surface area contributed by atoms with Crippen LogP contribution >= 0.6 is 0 Å². The molecular weight excluding hydrogens is 268 g/mol. The van der Waals surface area contributed by atoms with Gasteiger partial charge in [-0.15, -0.1) is 12.3 Å². The van der Waals surface area contributed by atoms with Crippen molar-refractivity contribution in [2.24, 2.45) is 0 Å². The number of rotatable bonds is 6. The zero-order chi connectivity index (χ0) is 14.5. The molecular formula is C12H14N2O4S. The van der Waals surface area contributed by atoms with Crippen molar-refractivity contribution in [3.63, 3.8) is 0 Å². The van der Waals surface area contributed by atoms with Gasteiger partial charge < -0.3 is 10.8 Å². The van der Waals surface area contributed by atoms with Gasteiger partial charge in [-0.25, -0.2) is 17.9 Å². The van der Waals surface area contributed by atoms with Gasteiger partial charge in [0.05, 0.1) is 10.5 Å². The normalized spacial score (nSPS) is 10.9. The van der Waals surface area contributed by atoms with E-state index >= 15 is 0 Å². The molecule has 0 amide bonds. The number of nitrogen functional groups attached to an aromatic ring is 1. The van der Waals surface area contributed by atoms with Crippen LogP contribution in [0, 0.1) is 12.3 Å². The molecule has 19 heavy (non-hydrogen) atoms. The molecule has 0 aliphatic heterocycles. The van der Waals surface area contributed by atoms with Gasteiger partial charge >= 0.3 is 5.97 Å². The van der Waals surface area contributed by atoms with Gasteiger partial charge in [0.1, 0.15) is 0 Å². The van der Waals surface area contributed by atoms with Crippen molar-refractivity contribution in [2.75, 3.05) is 12.3 Å². The fourth-order valence-corrected chi connectivity index (χ4v) is 2.72. The second-order valence-corrected chi connectivity index (χ2v) is 5.50. The molecule has 1 aromatic carbocycles. The first kappa shape index (κ1) is 15.0. The summed E-state index contributed by atoms with van der Waals surface area (Å²) in [4.78, 5) is 10.6. The minimum absolute atomic E-state index is 0.139. The molecule has 0 aliphatic rings. The van der Waals surface area contributed by atoms with E-state index in [1.54, 1.807) is 0 Å². The van der Waals surface area contributed by atoms with Crippen LogP contribution in [-0.2, 0) is 10.0 Å². The molecule has 0 aliphatic carbocycles. The molecule has 0 spiro atoms. The summed E-state index contributed by atoms with van der Waals surface area (Å²) in [5, 5.41) is 8.97. The van der Waals surface area contributed by atoms with E-state index in [0.29, 0.717) is 12.8 Å². The van der Waals surface area contributed by atoms with Crippen LogP contribution in [0.3, 0.4) is 0 Å². The molecule has 0 fully saturated rings. The van der Waals surface area contributed by atoms with Gasteiger partial charge in [-0.1, -0.05) is 0 Å². The summed E-state index contributed by atoms with van der Waals surface area (Å²) in [6.07, 6.45) is 5.96. The van der Waals surface area contributed by atoms with Crippen LogP contribution < -0.4 is 10.5 Å². The maximum atomic E-state index is 12.0. The van der Waals surface area contributed by atoms with Crippen LogP contribution in [-0.4, -0.2) is 26.0 Å². The third kappa shape index (κ3) is 3.98. The van der Waals surface area contributed by atoms with E-state index in [0.717, 1.165) is 12.1 Å². The van der Waals surface area contributed by atoms with Crippen molar-refractivity contribution < 1.29 is 18.3 Å². The number of nitrogens with one attached hydrogen (secondary N) is 1. The monoisotopic (exact) mass is 282 g/mol. The van der Waals surface area contributed by atoms with Crippen molar-refractivity contribution in [3.8, 4) is 12.3 Å². The molecule has 0 saturated carbocycles. The number of terminal acetylenes is 1. The molecule has 6 nitrogen and oxygen atoms in total. The highest BCUT2D eigenvalue weighted by molar-refractivity contribution is 7.89. The number of carboxylic acid groups (broad SMARTS) is 1. The Bertz CT molecular complexity index is 617. The Balaban J connectivity index is 3.03. The molecule has 4 N–H and O–H groups in total. The van der Waals surface area contributed by atoms with E-state index in [1.807, 2.05) is 0 Å². The summed E-state index contributed by atoms with van der Waals surface area (Å²) in [5.74, 6) is 1.05. The molecule has 0 radical (unpaired) electrons. The summed E-state index contributed by atoms with van der Waals surface area (Å²) in [5.41, 5.74) is 5.34. The molecule has 0 heterocycles. The van der Waals surface area contributed by atoms with Gasteiger partial charge in [0.2, 0.25) is 10.0 Å². The average Bonchev–Trinajstić information content (AvgIpc) is 2.34. The van der Waals surface area contributed by atoms with Crippen LogP contribution in [0.25, 0.3) is 0 Å². The lowest BCUT2D eigenvalue weighted by molar-refractivity contribution is 0.0692. The maximum Gasteiger partial charge on any atom is 0.337 e. The SMILES string of the molecule is C#CCCCNS(=O)(=O)c1cc(N)ccc1C(=O)O. The lowest BCUT2D eigenvalue weighted by Gasteiger charge is -2.09. The molecule has 0 atom stereocenters. The van der Waals surface area contributed by atoms with Crippen molar-refractivity contribution in [3.05, 3.63) is 23.8 Å². The number of unbranched alkanes of at least 4 members (excludes halogenated alkanes) is 1. The number of hydrogen-bond acceptors (Lipinski definition) is 4. The zero-order valence-electron chi connectivity index (χ0n) is 10.1. The van der Waals surface area contributed by atoms with Crippen molar-refractivity contribution in [1.82, 2.24) is 4.72 Å². The Hall–Kier alpha value is -2.04. The van der Waals surface area contributed by atoms with Gasteiger partial charge in [-0.05, 0) is 24.6 Å². The lowest BCUT2D eigenvalue weighted by Crippen LogP contribution is -2.26. The summed E-state index contributed by atoms with van der Waals surface area (Å²) >= 11 is 0. The van der Waals surface area contributed by atoms with Crippen LogP contribution in [0.1, 0.15) is 23.2 Å². The van der Waals surface area contributed by atoms with E-state index < -0.39 is 16.0 Å². The van der Waals surface area contributed by atoms with E-state index in [1.165, 1.54) is 6.07 Å². The van der Waals surface area contributed by atoms with Gasteiger partial charge in [0, 0.05) is 18.7 Å². The highest BCUT2D eigenvalue weighted by Gasteiger charge is 2.22. The number of aromatic carboxylic acids is 1. The van der Waals surface area contributed by atoms with E-state index in [2.05, 4.69) is 10.6 Å². The summed E-state index contributed by atoms with van der Waals surface area (Å²) in [6.45, 7) is 0.139. The second-order valence-electron chi connectivity index (χ2n) is 3.77. The molecule has 102 valence electrons. The molecule has 1 aromatic rings. The third-order valence-corrected chi connectivity index (χ3v) is 3.82. The highest BCUT2D eigenvalue weighted by atomic mass is 32.2. The second kappa shape index (κ2) is 6.22. The molecule has 0 bridgehead atoms. The molecule has 0 aromatic heterocycles. The number of carbonyl (C=O) groups is 1. The number of nitrogens with two attached hydrogens (primary N) is 1. The van der Waals surface area contributed by atoms with Crippen molar-refractivity contribution >= 4 is 21.7 Å². The first-order chi connectivity index (χ1) is 8.88. The van der Waals surface area contributed by atoms with Gasteiger partial charge in [0.15, 0.2) is 0 Å². The fourth-order valence-electron chi connectivity index (χ4n) is 1.41. The zero-order valence-corrected chi connectivity index (χ0v) is 10.9. The Labute approximate surface area is 111 Å². The standard InChI is InChI=1S/C12H14N2O4S/c1-2-3-4-7-14-19(17,18)11-8-9(13)5-6-10(11)12(15)16/h1,5-6,8,14H,3-4,7,13H2,(H,15,16). The number of sulfonamides is 1. The predicted molar refractivity (Wildman–Crippen MR) is 71.1 cm³/mol. The number of hydrogen-bond donors (Lipinski definition) is 3. The smallest absolute Gasteiger partial charge is 0.337 e. The minimum Gasteiger partial charge on any atom is -0.478 e. The van der Waals surface area contributed by atoms with Crippen molar-refractivity contribution in [1.29, 1.82) is 0 Å². The summed E-state index contributed by atoms with van der Waals surface area (Å²) < 4.78 is 26.3. The van der Waals surface area contributed by atoms with E-state index in [4.69, 9.17) is 17.3 Å². The average molecular weight is 282 g/mol. The maximum absolute atomic E-state index is 12.0. The van der Waals surface area contributed by atoms with Crippen LogP contribution in [0.2, 0.25) is 0 Å². The van der Waals surface area contributed by atoms with Crippen LogP contribution in [0.5, 0.6) is 0 Å². The highest BCUT2D eigenvalue weighted by Crippen LogP contribution is 2.19. The quantitative estimate of drug-likeness (QED) is 0.403. The van der Waals surface area contributed by atoms with E-state index in [9.17, 15) is 13.2 Å². The Kier molecular flexibility index (Phi) is 4.92. The minimum atomic E-state index is -3.92. The van der Waals surface area contributed by atoms with Gasteiger partial charge in [-0.3, -0.25) is 0 Å². The Morgan fingerprint density at radius 2 is 2.16 bits per heavy atom.